The van der Waals surface area contributed by atoms with Gasteiger partial charge in [-0.25, -0.2) is 9.59 Å². The third kappa shape index (κ3) is 2.74. The fourth-order valence-corrected chi connectivity index (χ4v) is 2.37. The summed E-state index contributed by atoms with van der Waals surface area (Å²) in [6.45, 7) is 3.92. The van der Waals surface area contributed by atoms with Gasteiger partial charge in [0, 0.05) is 11.1 Å². The highest BCUT2D eigenvalue weighted by Crippen LogP contribution is 2.42. The van der Waals surface area contributed by atoms with Gasteiger partial charge in [-0.1, -0.05) is 30.3 Å². The number of esters is 2. The number of hydrogen-bond donors (Lipinski definition) is 0. The lowest BCUT2D eigenvalue weighted by Gasteiger charge is -2.06. The van der Waals surface area contributed by atoms with E-state index in [-0.39, 0.29) is 30.1 Å². The van der Waals surface area contributed by atoms with Gasteiger partial charge >= 0.3 is 11.9 Å². The molecule has 0 bridgehead atoms. The van der Waals surface area contributed by atoms with Gasteiger partial charge < -0.3 is 14.2 Å². The van der Waals surface area contributed by atoms with E-state index in [4.69, 9.17) is 14.2 Å². The average Bonchev–Trinajstić information content (AvgIpc) is 2.63. The van der Waals surface area contributed by atoms with E-state index in [0.717, 1.165) is 0 Å². The van der Waals surface area contributed by atoms with E-state index < -0.39 is 11.9 Å². The van der Waals surface area contributed by atoms with Crippen molar-refractivity contribution in [3.8, 4) is 16.9 Å². The SMILES string of the molecule is CCOC(=O)c1c2cccccc-2c(C(=O)OCC)c1OC. The Bertz CT molecular complexity index is 610. The van der Waals surface area contributed by atoms with Crippen LogP contribution in [-0.2, 0) is 9.47 Å². The normalized spacial score (nSPS) is 10.3. The summed E-state index contributed by atoms with van der Waals surface area (Å²) in [5, 5.41) is 0. The molecule has 0 saturated heterocycles. The van der Waals surface area contributed by atoms with Gasteiger partial charge in [-0.05, 0) is 13.8 Å². The highest BCUT2D eigenvalue weighted by atomic mass is 16.5. The summed E-state index contributed by atoms with van der Waals surface area (Å²) in [4.78, 5) is 24.6. The van der Waals surface area contributed by atoms with Crippen LogP contribution in [-0.4, -0.2) is 32.3 Å². The fourth-order valence-electron chi connectivity index (χ4n) is 2.37. The minimum atomic E-state index is -0.522. The van der Waals surface area contributed by atoms with Crippen molar-refractivity contribution in [2.24, 2.45) is 0 Å². The highest BCUT2D eigenvalue weighted by molar-refractivity contribution is 6.12. The molecule has 0 radical (unpaired) electrons. The van der Waals surface area contributed by atoms with Crippen molar-refractivity contribution in [3.63, 3.8) is 0 Å². The molecule has 0 aromatic heterocycles. The van der Waals surface area contributed by atoms with Crippen LogP contribution in [0.1, 0.15) is 34.6 Å². The summed E-state index contributed by atoms with van der Waals surface area (Å²) in [5.41, 5.74) is 1.70. The zero-order chi connectivity index (χ0) is 16.1. The molecule has 0 saturated carbocycles. The molecule has 0 atom stereocenters. The summed E-state index contributed by atoms with van der Waals surface area (Å²) in [5.74, 6) is -0.852. The van der Waals surface area contributed by atoms with E-state index in [0.29, 0.717) is 11.1 Å². The van der Waals surface area contributed by atoms with Gasteiger partial charge in [0.15, 0.2) is 0 Å². The maximum atomic E-state index is 12.3. The molecule has 0 amide bonds. The van der Waals surface area contributed by atoms with Crippen molar-refractivity contribution in [2.45, 2.75) is 13.8 Å². The molecule has 2 aliphatic rings. The molecule has 5 heteroatoms. The van der Waals surface area contributed by atoms with Crippen molar-refractivity contribution in [3.05, 3.63) is 41.5 Å². The second kappa shape index (κ2) is 6.93. The Balaban J connectivity index is 2.74. The topological polar surface area (TPSA) is 61.8 Å². The van der Waals surface area contributed by atoms with E-state index >= 15 is 0 Å². The van der Waals surface area contributed by atoms with E-state index in [9.17, 15) is 9.59 Å². The number of carbonyl (C=O) groups is 2. The Morgan fingerprint density at radius 3 is 1.68 bits per heavy atom. The van der Waals surface area contributed by atoms with Gasteiger partial charge in [-0.3, -0.25) is 0 Å². The zero-order valence-electron chi connectivity index (χ0n) is 12.8. The lowest BCUT2D eigenvalue weighted by molar-refractivity contribution is 0.0523. The molecule has 2 rings (SSSR count). The third-order valence-corrected chi connectivity index (χ3v) is 3.19. The van der Waals surface area contributed by atoms with Crippen LogP contribution in [0.4, 0.5) is 0 Å². The van der Waals surface area contributed by atoms with Crippen LogP contribution < -0.4 is 4.74 Å². The van der Waals surface area contributed by atoms with Crippen LogP contribution in [0.2, 0.25) is 0 Å². The van der Waals surface area contributed by atoms with Crippen molar-refractivity contribution in [2.75, 3.05) is 20.3 Å². The van der Waals surface area contributed by atoms with E-state index in [1.54, 1.807) is 38.1 Å². The van der Waals surface area contributed by atoms with Gasteiger partial charge in [-0.15, -0.1) is 0 Å². The lowest BCUT2D eigenvalue weighted by atomic mass is 10.1. The van der Waals surface area contributed by atoms with E-state index in [2.05, 4.69) is 0 Å². The average molecular weight is 302 g/mol. The molecule has 0 heterocycles. The minimum absolute atomic E-state index is 0.193. The lowest BCUT2D eigenvalue weighted by Crippen LogP contribution is -2.08. The van der Waals surface area contributed by atoms with Crippen LogP contribution in [0.25, 0.3) is 11.1 Å². The molecule has 5 nitrogen and oxygen atoms in total. The Hall–Kier alpha value is -2.56. The largest absolute Gasteiger partial charge is 0.495 e. The minimum Gasteiger partial charge on any atom is -0.495 e. The maximum Gasteiger partial charge on any atom is 0.342 e. The summed E-state index contributed by atoms with van der Waals surface area (Å²) in [6.07, 6.45) is 0. The first-order valence-corrected chi connectivity index (χ1v) is 7.08. The van der Waals surface area contributed by atoms with Crippen molar-refractivity contribution < 1.29 is 23.8 Å². The summed E-state index contributed by atoms with van der Waals surface area (Å²) < 4.78 is 15.5. The number of methoxy groups -OCH3 is 1. The maximum absolute atomic E-state index is 12.3. The molecule has 0 aromatic carbocycles. The second-order valence-corrected chi connectivity index (χ2v) is 4.46. The summed E-state index contributed by atoms with van der Waals surface area (Å²) in [7, 11) is 1.42. The highest BCUT2D eigenvalue weighted by Gasteiger charge is 2.32. The Labute approximate surface area is 129 Å². The monoisotopic (exact) mass is 302 g/mol. The van der Waals surface area contributed by atoms with Gasteiger partial charge in [0.2, 0.25) is 0 Å². The molecule has 116 valence electrons. The molecule has 0 spiro atoms. The first-order chi connectivity index (χ1) is 10.7. The van der Waals surface area contributed by atoms with Gasteiger partial charge in [0.05, 0.1) is 20.3 Å². The van der Waals surface area contributed by atoms with Crippen molar-refractivity contribution >= 4 is 11.9 Å². The molecule has 0 aromatic rings. The van der Waals surface area contributed by atoms with Crippen LogP contribution >= 0.6 is 0 Å². The van der Waals surface area contributed by atoms with Gasteiger partial charge in [-0.2, -0.15) is 0 Å². The number of fused-ring (bicyclic) bond motifs is 1. The van der Waals surface area contributed by atoms with Gasteiger partial charge in [0.25, 0.3) is 0 Å². The van der Waals surface area contributed by atoms with Crippen molar-refractivity contribution in [1.82, 2.24) is 0 Å². The van der Waals surface area contributed by atoms with Crippen LogP contribution in [0, 0.1) is 0 Å². The Kier molecular flexibility index (Phi) is 4.99. The van der Waals surface area contributed by atoms with Crippen molar-refractivity contribution in [1.29, 1.82) is 0 Å². The number of rotatable bonds is 5. The van der Waals surface area contributed by atoms with Crippen LogP contribution in [0.15, 0.2) is 30.3 Å². The molecule has 22 heavy (non-hydrogen) atoms. The summed E-state index contributed by atoms with van der Waals surface area (Å²) in [6, 6.07) is 8.91. The van der Waals surface area contributed by atoms with Crippen LogP contribution in [0.5, 0.6) is 5.75 Å². The molecule has 0 N–H and O–H groups in total. The van der Waals surface area contributed by atoms with Gasteiger partial charge in [0.1, 0.15) is 16.9 Å². The first-order valence-electron chi connectivity index (χ1n) is 7.08. The molecular formula is C17H18O5. The number of ether oxygens (including phenoxy) is 3. The quantitative estimate of drug-likeness (QED) is 0.794. The summed E-state index contributed by atoms with van der Waals surface area (Å²) >= 11 is 0. The zero-order valence-corrected chi connectivity index (χ0v) is 12.8. The molecule has 2 aliphatic carbocycles. The van der Waals surface area contributed by atoms with E-state index in [1.165, 1.54) is 7.11 Å². The molecule has 0 unspecified atom stereocenters. The first kappa shape index (κ1) is 15.8. The smallest absolute Gasteiger partial charge is 0.342 e. The molecule has 0 aliphatic heterocycles. The van der Waals surface area contributed by atoms with E-state index in [1.807, 2.05) is 6.07 Å². The molecular weight excluding hydrogens is 284 g/mol. The van der Waals surface area contributed by atoms with Crippen LogP contribution in [0.3, 0.4) is 0 Å². The fraction of sp³-hybridized carbons (Fsp3) is 0.294. The number of hydrogen-bond acceptors (Lipinski definition) is 5. The predicted octanol–water partition coefficient (Wildman–Crippen LogP) is 3.15. The standard InChI is InChI=1S/C17H18O5/c1-4-21-16(18)13-11-9-7-6-8-10-12(11)14(15(13)20-3)17(19)22-5-2/h6-10H,4-5H2,1-3H3. The predicted molar refractivity (Wildman–Crippen MR) is 81.5 cm³/mol. The second-order valence-electron chi connectivity index (χ2n) is 4.46. The third-order valence-electron chi connectivity index (χ3n) is 3.19. The molecule has 0 fully saturated rings. The Morgan fingerprint density at radius 2 is 1.32 bits per heavy atom. The Morgan fingerprint density at radius 1 is 0.864 bits per heavy atom. The number of carbonyl (C=O) groups excluding carboxylic acids is 2.